The van der Waals surface area contributed by atoms with Crippen molar-refractivity contribution in [2.24, 2.45) is 0 Å². The van der Waals surface area contributed by atoms with Crippen LogP contribution in [0.5, 0.6) is 0 Å². The van der Waals surface area contributed by atoms with Crippen molar-refractivity contribution in [2.75, 3.05) is 4.72 Å². The summed E-state index contributed by atoms with van der Waals surface area (Å²) in [5.41, 5.74) is 1.62. The maximum absolute atomic E-state index is 12.4. The number of sulfonamides is 1. The average Bonchev–Trinajstić information content (AvgIpc) is 3.09. The molecule has 0 saturated heterocycles. The molecule has 0 amide bonds. The van der Waals surface area contributed by atoms with E-state index in [1.807, 2.05) is 12.3 Å². The minimum Gasteiger partial charge on any atom is -0.360 e. The lowest BCUT2D eigenvalue weighted by Crippen LogP contribution is -2.14. The van der Waals surface area contributed by atoms with Crippen LogP contribution in [0.2, 0.25) is 0 Å². The van der Waals surface area contributed by atoms with Crippen LogP contribution in [0.4, 0.5) is 5.69 Å². The van der Waals surface area contributed by atoms with Gasteiger partial charge in [-0.25, -0.2) is 13.1 Å². The van der Waals surface area contributed by atoms with Crippen LogP contribution in [0.25, 0.3) is 5.69 Å². The van der Waals surface area contributed by atoms with Gasteiger partial charge in [0.1, 0.15) is 5.69 Å². The van der Waals surface area contributed by atoms with Crippen molar-refractivity contribution in [1.82, 2.24) is 14.9 Å². The first-order valence-electron chi connectivity index (χ1n) is 6.53. The first kappa shape index (κ1) is 14.3. The quantitative estimate of drug-likeness (QED) is 0.797. The van der Waals surface area contributed by atoms with Gasteiger partial charge in [-0.15, -0.1) is 0 Å². The summed E-state index contributed by atoms with van der Waals surface area (Å²) in [5, 5.41) is 7.78. The fraction of sp³-hybridized carbons (Fsp3) is 0.143. The van der Waals surface area contributed by atoms with Crippen molar-refractivity contribution in [3.8, 4) is 5.69 Å². The zero-order chi connectivity index (χ0) is 15.7. The minimum atomic E-state index is -3.73. The Morgan fingerprint density at radius 2 is 1.91 bits per heavy atom. The molecule has 114 valence electrons. The van der Waals surface area contributed by atoms with Crippen molar-refractivity contribution >= 4 is 15.7 Å². The average molecular weight is 318 g/mol. The third kappa shape index (κ3) is 2.60. The van der Waals surface area contributed by atoms with E-state index < -0.39 is 10.0 Å². The first-order chi connectivity index (χ1) is 10.5. The van der Waals surface area contributed by atoms with E-state index in [1.54, 1.807) is 49.0 Å². The molecule has 0 saturated carbocycles. The Bertz CT molecular complexity index is 861. The first-order valence-corrected chi connectivity index (χ1v) is 8.01. The fourth-order valence-corrected chi connectivity index (χ4v) is 3.56. The Labute approximate surface area is 127 Å². The number of hydrogen-bond acceptors (Lipinski definition) is 5. The van der Waals surface area contributed by atoms with Crippen LogP contribution >= 0.6 is 0 Å². The zero-order valence-electron chi connectivity index (χ0n) is 12.0. The summed E-state index contributed by atoms with van der Waals surface area (Å²) in [6.45, 7) is 3.15. The van der Waals surface area contributed by atoms with Gasteiger partial charge in [0.25, 0.3) is 10.0 Å². The molecule has 0 unspecified atom stereocenters. The molecular formula is C14H14N4O3S. The number of hydrogen-bond donors (Lipinski definition) is 1. The van der Waals surface area contributed by atoms with Gasteiger partial charge in [0.15, 0.2) is 10.7 Å². The molecule has 0 bridgehead atoms. The predicted molar refractivity (Wildman–Crippen MR) is 80.3 cm³/mol. The normalized spacial score (nSPS) is 11.5. The molecular weight excluding hydrogens is 304 g/mol. The monoisotopic (exact) mass is 318 g/mol. The number of aryl methyl sites for hydroxylation is 2. The Balaban J connectivity index is 1.87. The molecule has 2 heterocycles. The molecule has 2 aromatic heterocycles. The summed E-state index contributed by atoms with van der Waals surface area (Å²) >= 11 is 0. The molecule has 0 atom stereocenters. The summed E-state index contributed by atoms with van der Waals surface area (Å²) in [4.78, 5) is 0.0728. The van der Waals surface area contributed by atoms with Gasteiger partial charge in [-0.1, -0.05) is 5.16 Å². The molecule has 1 aromatic carbocycles. The maximum Gasteiger partial charge on any atom is 0.267 e. The van der Waals surface area contributed by atoms with E-state index in [1.165, 1.54) is 0 Å². The molecule has 3 aromatic rings. The van der Waals surface area contributed by atoms with Crippen molar-refractivity contribution < 1.29 is 12.9 Å². The number of rotatable bonds is 4. The summed E-state index contributed by atoms with van der Waals surface area (Å²) in [6, 6.07) is 8.71. The molecule has 0 spiro atoms. The summed E-state index contributed by atoms with van der Waals surface area (Å²) in [5.74, 6) is 0.262. The molecule has 1 N–H and O–H groups in total. The van der Waals surface area contributed by atoms with Crippen molar-refractivity contribution in [3.63, 3.8) is 0 Å². The molecule has 0 radical (unpaired) electrons. The Hall–Kier alpha value is -2.61. The number of nitrogens with one attached hydrogen (secondary N) is 1. The molecule has 0 aliphatic carbocycles. The van der Waals surface area contributed by atoms with Gasteiger partial charge in [-0.3, -0.25) is 4.72 Å². The minimum absolute atomic E-state index is 0.0728. The SMILES string of the molecule is Cc1noc(C)c1S(=O)(=O)Nc1ccc(-n2cccn2)cc1. The highest BCUT2D eigenvalue weighted by atomic mass is 32.2. The highest BCUT2D eigenvalue weighted by molar-refractivity contribution is 7.92. The van der Waals surface area contributed by atoms with Gasteiger partial charge in [0.2, 0.25) is 0 Å². The lowest BCUT2D eigenvalue weighted by molar-refractivity contribution is 0.390. The smallest absolute Gasteiger partial charge is 0.267 e. The van der Waals surface area contributed by atoms with Crippen LogP contribution in [-0.4, -0.2) is 23.4 Å². The van der Waals surface area contributed by atoms with Crippen LogP contribution in [0.15, 0.2) is 52.1 Å². The van der Waals surface area contributed by atoms with Gasteiger partial charge >= 0.3 is 0 Å². The van der Waals surface area contributed by atoms with Gasteiger partial charge < -0.3 is 4.52 Å². The number of aromatic nitrogens is 3. The Morgan fingerprint density at radius 3 is 2.45 bits per heavy atom. The van der Waals surface area contributed by atoms with Crippen LogP contribution in [0.1, 0.15) is 11.5 Å². The second-order valence-electron chi connectivity index (χ2n) is 4.76. The van der Waals surface area contributed by atoms with E-state index in [0.717, 1.165) is 5.69 Å². The van der Waals surface area contributed by atoms with Gasteiger partial charge in [-0.05, 0) is 44.2 Å². The van der Waals surface area contributed by atoms with E-state index in [9.17, 15) is 8.42 Å². The van der Waals surface area contributed by atoms with Crippen LogP contribution in [0.3, 0.4) is 0 Å². The van der Waals surface area contributed by atoms with E-state index >= 15 is 0 Å². The third-order valence-corrected chi connectivity index (χ3v) is 4.75. The Kier molecular flexibility index (Phi) is 3.45. The van der Waals surface area contributed by atoms with E-state index in [4.69, 9.17) is 4.52 Å². The number of benzene rings is 1. The topological polar surface area (TPSA) is 90.0 Å². The molecule has 22 heavy (non-hydrogen) atoms. The van der Waals surface area contributed by atoms with E-state index in [2.05, 4.69) is 15.0 Å². The number of nitrogens with zero attached hydrogens (tertiary/aromatic N) is 3. The summed E-state index contributed by atoms with van der Waals surface area (Å²) < 4.78 is 33.9. The highest BCUT2D eigenvalue weighted by Gasteiger charge is 2.24. The fourth-order valence-electron chi connectivity index (χ4n) is 2.17. The Morgan fingerprint density at radius 1 is 1.18 bits per heavy atom. The molecule has 3 rings (SSSR count). The van der Waals surface area contributed by atoms with Crippen molar-refractivity contribution in [1.29, 1.82) is 0 Å². The summed E-state index contributed by atoms with van der Waals surface area (Å²) in [6.07, 6.45) is 3.48. The predicted octanol–water partition coefficient (Wildman–Crippen LogP) is 2.28. The molecule has 8 heteroatoms. The number of anilines is 1. The lowest BCUT2D eigenvalue weighted by Gasteiger charge is -2.08. The van der Waals surface area contributed by atoms with Crippen molar-refractivity contribution in [2.45, 2.75) is 18.7 Å². The molecule has 0 fully saturated rings. The van der Waals surface area contributed by atoms with Crippen LogP contribution in [0, 0.1) is 13.8 Å². The van der Waals surface area contributed by atoms with Crippen molar-refractivity contribution in [3.05, 3.63) is 54.2 Å². The lowest BCUT2D eigenvalue weighted by atomic mass is 10.3. The van der Waals surface area contributed by atoms with E-state index in [-0.39, 0.29) is 10.7 Å². The molecule has 0 aliphatic heterocycles. The maximum atomic E-state index is 12.4. The van der Waals surface area contributed by atoms with Crippen LogP contribution in [-0.2, 0) is 10.0 Å². The zero-order valence-corrected chi connectivity index (χ0v) is 12.8. The highest BCUT2D eigenvalue weighted by Crippen LogP contribution is 2.22. The third-order valence-electron chi connectivity index (χ3n) is 3.13. The van der Waals surface area contributed by atoms with Gasteiger partial charge in [-0.2, -0.15) is 5.10 Å². The second kappa shape index (κ2) is 5.30. The van der Waals surface area contributed by atoms with E-state index in [0.29, 0.717) is 11.4 Å². The van der Waals surface area contributed by atoms with Gasteiger partial charge in [0.05, 0.1) is 5.69 Å². The standard InChI is InChI=1S/C14H14N4O3S/c1-10-14(11(2)21-16-10)22(19,20)17-12-4-6-13(7-5-12)18-9-3-8-15-18/h3-9,17H,1-2H3. The summed E-state index contributed by atoms with van der Waals surface area (Å²) in [7, 11) is -3.73. The van der Waals surface area contributed by atoms with Gasteiger partial charge in [0, 0.05) is 18.1 Å². The molecule has 0 aliphatic rings. The second-order valence-corrected chi connectivity index (χ2v) is 6.38. The largest absolute Gasteiger partial charge is 0.360 e. The molecule has 7 nitrogen and oxygen atoms in total. The van der Waals surface area contributed by atoms with Crippen LogP contribution < -0.4 is 4.72 Å².